The van der Waals surface area contributed by atoms with Gasteiger partial charge >= 0.3 is 5.97 Å². The Labute approximate surface area is 171 Å². The lowest BCUT2D eigenvalue weighted by Gasteiger charge is -2.08. The van der Waals surface area contributed by atoms with E-state index in [1.165, 1.54) is 11.8 Å². The first-order valence-corrected chi connectivity index (χ1v) is 9.87. The van der Waals surface area contributed by atoms with E-state index < -0.39 is 5.97 Å². The number of hydrogen-bond acceptors (Lipinski definition) is 3. The van der Waals surface area contributed by atoms with Gasteiger partial charge in [-0.3, -0.25) is 4.68 Å². The third kappa shape index (κ3) is 3.08. The van der Waals surface area contributed by atoms with Gasteiger partial charge in [-0.2, -0.15) is 5.10 Å². The SMILES string of the molecule is Cc1nn(C)cc1-n1c(C)c(Sc2ccccc2C(=O)O)c2ccc(Cl)cc21. The van der Waals surface area contributed by atoms with E-state index in [1.54, 1.807) is 16.8 Å². The minimum Gasteiger partial charge on any atom is -0.478 e. The van der Waals surface area contributed by atoms with Gasteiger partial charge in [0.1, 0.15) is 0 Å². The van der Waals surface area contributed by atoms with Crippen LogP contribution in [0.2, 0.25) is 5.02 Å². The summed E-state index contributed by atoms with van der Waals surface area (Å²) in [6, 6.07) is 12.8. The molecule has 0 unspecified atom stereocenters. The van der Waals surface area contributed by atoms with Gasteiger partial charge in [-0.05, 0) is 38.1 Å². The molecule has 4 aromatic rings. The van der Waals surface area contributed by atoms with Crippen LogP contribution in [0.3, 0.4) is 0 Å². The third-order valence-corrected chi connectivity index (χ3v) is 6.20. The quantitative estimate of drug-likeness (QED) is 0.482. The van der Waals surface area contributed by atoms with Gasteiger partial charge in [-0.1, -0.05) is 41.6 Å². The smallest absolute Gasteiger partial charge is 0.336 e. The highest BCUT2D eigenvalue weighted by Crippen LogP contribution is 2.41. The zero-order chi connectivity index (χ0) is 20.0. The van der Waals surface area contributed by atoms with Gasteiger partial charge in [0.2, 0.25) is 0 Å². The molecule has 7 heteroatoms. The number of fused-ring (bicyclic) bond motifs is 1. The molecule has 0 aliphatic rings. The average molecular weight is 412 g/mol. The van der Waals surface area contributed by atoms with Crippen molar-refractivity contribution in [1.29, 1.82) is 0 Å². The molecule has 0 atom stereocenters. The van der Waals surface area contributed by atoms with Crippen molar-refractivity contribution in [3.63, 3.8) is 0 Å². The number of aromatic carboxylic acids is 1. The zero-order valence-corrected chi connectivity index (χ0v) is 17.2. The van der Waals surface area contributed by atoms with Gasteiger partial charge in [-0.15, -0.1) is 0 Å². The summed E-state index contributed by atoms with van der Waals surface area (Å²) in [5.41, 5.74) is 4.16. The van der Waals surface area contributed by atoms with Crippen LogP contribution in [0.4, 0.5) is 0 Å². The fraction of sp³-hybridized carbons (Fsp3) is 0.143. The molecule has 0 spiro atoms. The van der Waals surface area contributed by atoms with Crippen molar-refractivity contribution in [3.05, 3.63) is 70.6 Å². The molecule has 28 heavy (non-hydrogen) atoms. The second-order valence-corrected chi connectivity index (χ2v) is 8.08. The molecule has 0 amide bonds. The molecule has 4 rings (SSSR count). The van der Waals surface area contributed by atoms with Crippen LogP contribution in [0.1, 0.15) is 21.7 Å². The van der Waals surface area contributed by atoms with Gasteiger partial charge < -0.3 is 9.67 Å². The Bertz CT molecular complexity index is 1230. The lowest BCUT2D eigenvalue weighted by molar-refractivity contribution is 0.0693. The topological polar surface area (TPSA) is 60.0 Å². The standard InChI is InChI=1S/C21H18ClN3O2S/c1-12-18(11-24(3)23-12)25-13(2)20(15-9-8-14(22)10-17(15)25)28-19-7-5-4-6-16(19)21(26)27/h4-11H,1-3H3,(H,26,27). The van der Waals surface area contributed by atoms with Crippen molar-refractivity contribution in [1.82, 2.24) is 14.3 Å². The lowest BCUT2D eigenvalue weighted by atomic mass is 10.2. The van der Waals surface area contributed by atoms with Crippen molar-refractivity contribution < 1.29 is 9.90 Å². The molecule has 0 fully saturated rings. The molecule has 0 saturated heterocycles. The predicted molar refractivity (Wildman–Crippen MR) is 112 cm³/mol. The summed E-state index contributed by atoms with van der Waals surface area (Å²) in [7, 11) is 1.89. The largest absolute Gasteiger partial charge is 0.478 e. The van der Waals surface area contributed by atoms with Gasteiger partial charge in [0.25, 0.3) is 0 Å². The molecular weight excluding hydrogens is 394 g/mol. The molecule has 5 nitrogen and oxygen atoms in total. The van der Waals surface area contributed by atoms with Crippen LogP contribution in [0.25, 0.3) is 16.6 Å². The number of carboxylic acid groups (broad SMARTS) is 1. The monoisotopic (exact) mass is 411 g/mol. The Morgan fingerprint density at radius 2 is 1.93 bits per heavy atom. The number of aromatic nitrogens is 3. The third-order valence-electron chi connectivity index (χ3n) is 4.67. The van der Waals surface area contributed by atoms with E-state index in [1.807, 2.05) is 57.4 Å². The van der Waals surface area contributed by atoms with Crippen molar-refractivity contribution in [3.8, 4) is 5.69 Å². The van der Waals surface area contributed by atoms with E-state index in [9.17, 15) is 9.90 Å². The van der Waals surface area contributed by atoms with E-state index in [2.05, 4.69) is 9.67 Å². The molecule has 0 bridgehead atoms. The van der Waals surface area contributed by atoms with E-state index >= 15 is 0 Å². The first-order chi connectivity index (χ1) is 13.4. The van der Waals surface area contributed by atoms with E-state index in [0.717, 1.165) is 32.9 Å². The van der Waals surface area contributed by atoms with Crippen LogP contribution in [0, 0.1) is 13.8 Å². The molecule has 0 aliphatic heterocycles. The molecule has 0 aliphatic carbocycles. The normalized spacial score (nSPS) is 11.3. The van der Waals surface area contributed by atoms with E-state index in [-0.39, 0.29) is 0 Å². The summed E-state index contributed by atoms with van der Waals surface area (Å²) >= 11 is 7.75. The molecule has 2 aromatic heterocycles. The maximum Gasteiger partial charge on any atom is 0.336 e. The maximum absolute atomic E-state index is 11.6. The Balaban J connectivity index is 1.97. The average Bonchev–Trinajstić information content (AvgIpc) is 3.11. The summed E-state index contributed by atoms with van der Waals surface area (Å²) in [6.45, 7) is 4.00. The predicted octanol–water partition coefficient (Wildman–Crippen LogP) is 5.48. The van der Waals surface area contributed by atoms with Gasteiger partial charge in [0.05, 0.1) is 22.5 Å². The first kappa shape index (κ1) is 18.7. The molecule has 142 valence electrons. The molecule has 0 saturated carbocycles. The Kier molecular flexibility index (Phi) is 4.69. The number of carboxylic acids is 1. The summed E-state index contributed by atoms with van der Waals surface area (Å²) in [5.74, 6) is -0.935. The number of rotatable bonds is 4. The van der Waals surface area contributed by atoms with E-state index in [4.69, 9.17) is 11.6 Å². The van der Waals surface area contributed by atoms with Crippen LogP contribution in [0.15, 0.2) is 58.5 Å². The van der Waals surface area contributed by atoms with Crippen molar-refractivity contribution in [2.24, 2.45) is 7.05 Å². The van der Waals surface area contributed by atoms with Crippen LogP contribution >= 0.6 is 23.4 Å². The summed E-state index contributed by atoms with van der Waals surface area (Å²) in [6.07, 6.45) is 1.97. The minimum atomic E-state index is -0.935. The van der Waals surface area contributed by atoms with Crippen molar-refractivity contribution in [2.75, 3.05) is 0 Å². The van der Waals surface area contributed by atoms with Crippen LogP contribution in [0.5, 0.6) is 0 Å². The van der Waals surface area contributed by atoms with Crippen LogP contribution < -0.4 is 0 Å². The van der Waals surface area contributed by atoms with E-state index in [0.29, 0.717) is 15.5 Å². The van der Waals surface area contributed by atoms with Gasteiger partial charge in [-0.25, -0.2) is 4.79 Å². The van der Waals surface area contributed by atoms with Crippen molar-refractivity contribution in [2.45, 2.75) is 23.6 Å². The number of carbonyl (C=O) groups is 1. The Morgan fingerprint density at radius 3 is 2.61 bits per heavy atom. The van der Waals surface area contributed by atoms with Gasteiger partial charge in [0, 0.05) is 39.1 Å². The Morgan fingerprint density at radius 1 is 1.18 bits per heavy atom. The molecule has 0 radical (unpaired) electrons. The highest BCUT2D eigenvalue weighted by atomic mass is 35.5. The molecule has 2 heterocycles. The summed E-state index contributed by atoms with van der Waals surface area (Å²) < 4.78 is 3.92. The molecular formula is C21H18ClN3O2S. The minimum absolute atomic E-state index is 0.291. The fourth-order valence-electron chi connectivity index (χ4n) is 3.45. The zero-order valence-electron chi connectivity index (χ0n) is 15.6. The number of halogens is 1. The molecule has 1 N–H and O–H groups in total. The lowest BCUT2D eigenvalue weighted by Crippen LogP contribution is -1.99. The highest BCUT2D eigenvalue weighted by Gasteiger charge is 2.21. The highest BCUT2D eigenvalue weighted by molar-refractivity contribution is 7.99. The van der Waals surface area contributed by atoms with Crippen molar-refractivity contribution >= 4 is 40.2 Å². The second-order valence-electron chi connectivity index (χ2n) is 6.59. The van der Waals surface area contributed by atoms with Crippen LogP contribution in [-0.2, 0) is 7.05 Å². The fourth-order valence-corrected chi connectivity index (χ4v) is 4.77. The maximum atomic E-state index is 11.6. The number of benzene rings is 2. The van der Waals surface area contributed by atoms with Crippen LogP contribution in [-0.4, -0.2) is 25.4 Å². The number of hydrogen-bond donors (Lipinski definition) is 1. The summed E-state index contributed by atoms with van der Waals surface area (Å²) in [5, 5.41) is 15.7. The first-order valence-electron chi connectivity index (χ1n) is 8.68. The number of aryl methyl sites for hydroxylation is 2. The summed E-state index contributed by atoms with van der Waals surface area (Å²) in [4.78, 5) is 13.3. The number of nitrogens with zero attached hydrogens (tertiary/aromatic N) is 3. The second kappa shape index (κ2) is 7.04. The molecule has 2 aromatic carbocycles. The van der Waals surface area contributed by atoms with Gasteiger partial charge in [0.15, 0.2) is 0 Å². The Hall–Kier alpha value is -2.70.